The molecular weight excluding hydrogens is 378 g/mol. The highest BCUT2D eigenvalue weighted by Gasteiger charge is 2.25. The molecule has 7 heteroatoms. The topological polar surface area (TPSA) is 73.5 Å². The zero-order chi connectivity index (χ0) is 20.9. The Hall–Kier alpha value is -3.06. The number of carbonyl (C=O) groups is 1. The molecule has 1 aliphatic heterocycles. The molecule has 1 atom stereocenters. The highest BCUT2D eigenvalue weighted by atomic mass is 16.5. The van der Waals surface area contributed by atoms with Gasteiger partial charge < -0.3 is 19.9 Å². The van der Waals surface area contributed by atoms with Gasteiger partial charge in [0.25, 0.3) is 0 Å². The second-order valence-corrected chi connectivity index (χ2v) is 7.66. The van der Waals surface area contributed by atoms with E-state index in [4.69, 9.17) is 9.72 Å². The third-order valence-corrected chi connectivity index (χ3v) is 5.78. The van der Waals surface area contributed by atoms with E-state index < -0.39 is 0 Å². The van der Waals surface area contributed by atoms with Gasteiger partial charge in [0.1, 0.15) is 5.75 Å². The Labute approximate surface area is 177 Å². The van der Waals surface area contributed by atoms with Gasteiger partial charge in [-0.3, -0.25) is 9.69 Å². The Bertz CT molecular complexity index is 969. The Morgan fingerprint density at radius 2 is 1.93 bits per heavy atom. The summed E-state index contributed by atoms with van der Waals surface area (Å²) >= 11 is 0. The van der Waals surface area contributed by atoms with Crippen LogP contribution >= 0.6 is 0 Å². The Balaban J connectivity index is 1.34. The summed E-state index contributed by atoms with van der Waals surface area (Å²) < 4.78 is 5.37. The number of H-pyrrole nitrogens is 1. The first-order valence-corrected chi connectivity index (χ1v) is 10.5. The smallest absolute Gasteiger partial charge is 0.237 e. The predicted octanol–water partition coefficient (Wildman–Crippen LogP) is 2.79. The number of methoxy groups -OCH3 is 1. The van der Waals surface area contributed by atoms with Gasteiger partial charge in [0.15, 0.2) is 0 Å². The van der Waals surface area contributed by atoms with Crippen molar-refractivity contribution < 1.29 is 9.53 Å². The average molecular weight is 408 g/mol. The molecule has 1 saturated heterocycles. The van der Waals surface area contributed by atoms with Gasteiger partial charge in [-0.1, -0.05) is 30.3 Å². The van der Waals surface area contributed by atoms with E-state index in [0.717, 1.165) is 60.9 Å². The maximum absolute atomic E-state index is 12.8. The minimum Gasteiger partial charge on any atom is -0.496 e. The summed E-state index contributed by atoms with van der Waals surface area (Å²) in [5.41, 5.74) is 3.02. The van der Waals surface area contributed by atoms with Crippen molar-refractivity contribution in [3.63, 3.8) is 0 Å². The molecule has 4 rings (SSSR count). The summed E-state index contributed by atoms with van der Waals surface area (Å²) in [7, 11) is 1.65. The lowest BCUT2D eigenvalue weighted by molar-refractivity contribution is -0.126. The van der Waals surface area contributed by atoms with Crippen molar-refractivity contribution in [3.05, 3.63) is 54.1 Å². The lowest BCUT2D eigenvalue weighted by Crippen LogP contribution is -2.46. The first-order chi connectivity index (χ1) is 14.7. The maximum Gasteiger partial charge on any atom is 0.237 e. The molecule has 0 unspecified atom stereocenters. The minimum atomic E-state index is -0.185. The van der Waals surface area contributed by atoms with Gasteiger partial charge in [0.2, 0.25) is 11.9 Å². The van der Waals surface area contributed by atoms with E-state index in [1.807, 2.05) is 55.5 Å². The van der Waals surface area contributed by atoms with Gasteiger partial charge >= 0.3 is 0 Å². The summed E-state index contributed by atoms with van der Waals surface area (Å²) in [6.45, 7) is 5.91. The second-order valence-electron chi connectivity index (χ2n) is 7.66. The standard InChI is InChI=1S/C23H29N5O2/c1-17(22(29)24-16-18-8-3-6-11-21(18)30-2)27-12-7-13-28(15-14-27)23-25-19-9-4-5-10-20(19)26-23/h3-6,8-11,17H,7,12-16H2,1-2H3,(H,24,29)(H,25,26)/t17-/m0/s1. The lowest BCUT2D eigenvalue weighted by Gasteiger charge is -2.27. The fraction of sp³-hybridized carbons (Fsp3) is 0.391. The van der Waals surface area contributed by atoms with Crippen molar-refractivity contribution >= 4 is 22.9 Å². The van der Waals surface area contributed by atoms with Crippen LogP contribution in [0.5, 0.6) is 5.75 Å². The zero-order valence-corrected chi connectivity index (χ0v) is 17.6. The van der Waals surface area contributed by atoms with E-state index in [0.29, 0.717) is 6.54 Å². The summed E-state index contributed by atoms with van der Waals surface area (Å²) in [5.74, 6) is 1.74. The fourth-order valence-corrected chi connectivity index (χ4v) is 3.97. The number of benzene rings is 2. The van der Waals surface area contributed by atoms with Crippen molar-refractivity contribution in [2.75, 3.05) is 38.2 Å². The lowest BCUT2D eigenvalue weighted by atomic mass is 10.2. The maximum atomic E-state index is 12.8. The SMILES string of the molecule is COc1ccccc1CNC(=O)[C@H](C)N1CCCN(c2nc3ccccc3[nH]2)CC1. The molecule has 0 spiro atoms. The van der Waals surface area contributed by atoms with Crippen LogP contribution in [0.2, 0.25) is 0 Å². The van der Waals surface area contributed by atoms with Gasteiger partial charge in [0.05, 0.1) is 24.2 Å². The molecule has 0 radical (unpaired) electrons. The highest BCUT2D eigenvalue weighted by molar-refractivity contribution is 5.81. The number of imidazole rings is 1. The fourth-order valence-electron chi connectivity index (χ4n) is 3.97. The number of ether oxygens (including phenoxy) is 1. The normalized spacial score (nSPS) is 16.3. The first-order valence-electron chi connectivity index (χ1n) is 10.5. The number of anilines is 1. The second kappa shape index (κ2) is 9.17. The molecule has 1 aromatic heterocycles. The quantitative estimate of drug-likeness (QED) is 0.657. The predicted molar refractivity (Wildman–Crippen MR) is 119 cm³/mol. The molecule has 1 fully saturated rings. The number of para-hydroxylation sites is 3. The number of rotatable bonds is 6. The molecule has 2 heterocycles. The van der Waals surface area contributed by atoms with Crippen LogP contribution in [0.1, 0.15) is 18.9 Å². The number of carbonyl (C=O) groups excluding carboxylic acids is 1. The number of amides is 1. The number of aromatic nitrogens is 2. The molecule has 158 valence electrons. The third kappa shape index (κ3) is 4.41. The summed E-state index contributed by atoms with van der Waals surface area (Å²) in [6, 6.07) is 15.7. The van der Waals surface area contributed by atoms with Crippen LogP contribution in [-0.2, 0) is 11.3 Å². The van der Waals surface area contributed by atoms with E-state index in [1.165, 1.54) is 0 Å². The number of hydrogen-bond acceptors (Lipinski definition) is 5. The largest absolute Gasteiger partial charge is 0.496 e. The Morgan fingerprint density at radius 1 is 1.13 bits per heavy atom. The molecule has 0 bridgehead atoms. The Morgan fingerprint density at radius 3 is 2.77 bits per heavy atom. The number of aromatic amines is 1. The van der Waals surface area contributed by atoms with Gasteiger partial charge in [-0.2, -0.15) is 0 Å². The molecule has 30 heavy (non-hydrogen) atoms. The third-order valence-electron chi connectivity index (χ3n) is 5.78. The molecule has 7 nitrogen and oxygen atoms in total. The van der Waals surface area contributed by atoms with E-state index in [1.54, 1.807) is 7.11 Å². The van der Waals surface area contributed by atoms with Crippen LogP contribution in [0.25, 0.3) is 11.0 Å². The monoisotopic (exact) mass is 407 g/mol. The minimum absolute atomic E-state index is 0.0399. The molecule has 1 aliphatic rings. The highest BCUT2D eigenvalue weighted by Crippen LogP contribution is 2.19. The van der Waals surface area contributed by atoms with Gasteiger partial charge in [-0.15, -0.1) is 0 Å². The van der Waals surface area contributed by atoms with Crippen LogP contribution < -0.4 is 15.0 Å². The average Bonchev–Trinajstić information content (AvgIpc) is 3.06. The van der Waals surface area contributed by atoms with Crippen LogP contribution in [0.15, 0.2) is 48.5 Å². The van der Waals surface area contributed by atoms with Crippen molar-refractivity contribution in [3.8, 4) is 5.75 Å². The molecule has 1 amide bonds. The van der Waals surface area contributed by atoms with Crippen molar-refractivity contribution in [2.45, 2.75) is 25.9 Å². The molecule has 0 aliphatic carbocycles. The van der Waals surface area contributed by atoms with Crippen LogP contribution in [0.3, 0.4) is 0 Å². The van der Waals surface area contributed by atoms with E-state index in [-0.39, 0.29) is 11.9 Å². The molecule has 0 saturated carbocycles. The number of nitrogens with zero attached hydrogens (tertiary/aromatic N) is 3. The van der Waals surface area contributed by atoms with Gasteiger partial charge in [-0.05, 0) is 31.5 Å². The van der Waals surface area contributed by atoms with E-state index >= 15 is 0 Å². The molecule has 2 N–H and O–H groups in total. The summed E-state index contributed by atoms with van der Waals surface area (Å²) in [4.78, 5) is 25.4. The van der Waals surface area contributed by atoms with Crippen LogP contribution in [-0.4, -0.2) is 60.1 Å². The van der Waals surface area contributed by atoms with E-state index in [2.05, 4.69) is 20.1 Å². The van der Waals surface area contributed by atoms with E-state index in [9.17, 15) is 4.79 Å². The number of nitrogens with one attached hydrogen (secondary N) is 2. The van der Waals surface area contributed by atoms with Crippen molar-refractivity contribution in [1.29, 1.82) is 0 Å². The molecule has 3 aromatic rings. The number of fused-ring (bicyclic) bond motifs is 1. The summed E-state index contributed by atoms with van der Waals surface area (Å²) in [6.07, 6.45) is 0.987. The van der Waals surface area contributed by atoms with Gasteiger partial charge in [0, 0.05) is 38.3 Å². The molecule has 2 aromatic carbocycles. The number of hydrogen-bond donors (Lipinski definition) is 2. The van der Waals surface area contributed by atoms with Crippen molar-refractivity contribution in [1.82, 2.24) is 20.2 Å². The molecular formula is C23H29N5O2. The van der Waals surface area contributed by atoms with Gasteiger partial charge in [-0.25, -0.2) is 4.98 Å². The first kappa shape index (κ1) is 20.2. The summed E-state index contributed by atoms with van der Waals surface area (Å²) in [5, 5.41) is 3.06. The van der Waals surface area contributed by atoms with Crippen molar-refractivity contribution in [2.24, 2.45) is 0 Å². The van der Waals surface area contributed by atoms with Crippen LogP contribution in [0, 0.1) is 0 Å². The Kier molecular flexibility index (Phi) is 6.18. The zero-order valence-electron chi connectivity index (χ0n) is 17.6. The van der Waals surface area contributed by atoms with Crippen LogP contribution in [0.4, 0.5) is 5.95 Å².